The maximum absolute atomic E-state index is 12.9. The zero-order valence-electron chi connectivity index (χ0n) is 15.3. The van der Waals surface area contributed by atoms with E-state index in [0.717, 1.165) is 12.1 Å². The number of urea groups is 1. The number of piperazine rings is 1. The molecular weight excluding hydrogens is 401 g/mol. The number of ether oxygens (including phenoxy) is 1. The number of carbonyl (C=O) groups is 2. The summed E-state index contributed by atoms with van der Waals surface area (Å²) in [5.74, 6) is -0.129. The Labute approximate surface area is 165 Å². The van der Waals surface area contributed by atoms with Crippen LogP contribution in [0.1, 0.15) is 5.56 Å². The second-order valence-corrected chi connectivity index (χ2v) is 6.64. The Balaban J connectivity index is 1.83. The number of anilines is 1. The minimum atomic E-state index is -4.60. The number of alkyl halides is 3. The van der Waals surface area contributed by atoms with Crippen LogP contribution in [0.25, 0.3) is 0 Å². The number of halogens is 4. The van der Waals surface area contributed by atoms with E-state index in [-0.39, 0.29) is 18.1 Å². The highest BCUT2D eigenvalue weighted by molar-refractivity contribution is 6.31. The van der Waals surface area contributed by atoms with Crippen molar-refractivity contribution in [3.63, 3.8) is 0 Å². The van der Waals surface area contributed by atoms with Crippen LogP contribution in [0.2, 0.25) is 5.02 Å². The summed E-state index contributed by atoms with van der Waals surface area (Å²) in [7, 11) is 1.55. The van der Waals surface area contributed by atoms with Crippen molar-refractivity contribution in [2.24, 2.45) is 0 Å². The van der Waals surface area contributed by atoms with Gasteiger partial charge >= 0.3 is 12.2 Å². The molecule has 1 heterocycles. The first-order chi connectivity index (χ1) is 13.2. The summed E-state index contributed by atoms with van der Waals surface area (Å²) in [6.07, 6.45) is -4.60. The Bertz CT molecular complexity index is 695. The molecule has 0 spiro atoms. The van der Waals surface area contributed by atoms with Gasteiger partial charge in [-0.3, -0.25) is 9.69 Å². The summed E-state index contributed by atoms with van der Waals surface area (Å²) in [4.78, 5) is 27.5. The van der Waals surface area contributed by atoms with Crippen molar-refractivity contribution < 1.29 is 27.5 Å². The van der Waals surface area contributed by atoms with E-state index in [2.05, 4.69) is 10.6 Å². The third-order valence-corrected chi connectivity index (χ3v) is 4.51. The molecule has 3 amide bonds. The van der Waals surface area contributed by atoms with Crippen LogP contribution >= 0.6 is 11.6 Å². The number of hydrogen-bond acceptors (Lipinski definition) is 4. The molecule has 0 bridgehead atoms. The SMILES string of the molecule is COCCNC(=O)CN1CCN(C(=O)Nc2ccc(Cl)c(C(F)(F)F)c2)CC1. The Hall–Kier alpha value is -2.04. The lowest BCUT2D eigenvalue weighted by molar-refractivity contribution is -0.137. The zero-order valence-corrected chi connectivity index (χ0v) is 16.1. The molecule has 0 atom stereocenters. The summed E-state index contributed by atoms with van der Waals surface area (Å²) in [5, 5.41) is 4.75. The molecule has 2 N–H and O–H groups in total. The maximum Gasteiger partial charge on any atom is 0.417 e. The Kier molecular flexibility index (Phi) is 7.90. The summed E-state index contributed by atoms with van der Waals surface area (Å²) >= 11 is 5.58. The molecule has 0 unspecified atom stereocenters. The van der Waals surface area contributed by atoms with Gasteiger partial charge in [-0.25, -0.2) is 4.79 Å². The molecule has 1 saturated heterocycles. The van der Waals surface area contributed by atoms with Crippen LogP contribution in [0, 0.1) is 0 Å². The van der Waals surface area contributed by atoms with Crippen molar-refractivity contribution >= 4 is 29.2 Å². The molecule has 1 aliphatic heterocycles. The summed E-state index contributed by atoms with van der Waals surface area (Å²) in [6.45, 7) is 2.76. The van der Waals surface area contributed by atoms with E-state index in [1.165, 1.54) is 11.0 Å². The van der Waals surface area contributed by atoms with E-state index in [9.17, 15) is 22.8 Å². The lowest BCUT2D eigenvalue weighted by Crippen LogP contribution is -2.52. The number of rotatable bonds is 6. The first-order valence-electron chi connectivity index (χ1n) is 8.61. The standard InChI is InChI=1S/C17H22ClF3N4O3/c1-28-9-4-22-15(26)11-24-5-7-25(8-6-24)16(27)23-12-2-3-14(18)13(10-12)17(19,20)21/h2-3,10H,4-9,11H2,1H3,(H,22,26)(H,23,27). The summed E-state index contributed by atoms with van der Waals surface area (Å²) in [6, 6.07) is 2.72. The molecule has 11 heteroatoms. The lowest BCUT2D eigenvalue weighted by Gasteiger charge is -2.34. The van der Waals surface area contributed by atoms with Gasteiger partial charge in [-0.15, -0.1) is 0 Å². The van der Waals surface area contributed by atoms with Crippen molar-refractivity contribution in [1.82, 2.24) is 15.1 Å². The Morgan fingerprint density at radius 1 is 1.21 bits per heavy atom. The molecule has 28 heavy (non-hydrogen) atoms. The van der Waals surface area contributed by atoms with Crippen molar-refractivity contribution in [3.05, 3.63) is 28.8 Å². The molecule has 1 aromatic carbocycles. The van der Waals surface area contributed by atoms with Crippen LogP contribution in [0.3, 0.4) is 0 Å². The summed E-state index contributed by atoms with van der Waals surface area (Å²) in [5.41, 5.74) is -0.988. The molecule has 7 nitrogen and oxygen atoms in total. The predicted octanol–water partition coefficient (Wildman–Crippen LogP) is 2.27. The predicted molar refractivity (Wildman–Crippen MR) is 98.4 cm³/mol. The van der Waals surface area contributed by atoms with Gasteiger partial charge in [-0.2, -0.15) is 13.2 Å². The third kappa shape index (κ3) is 6.54. The fraction of sp³-hybridized carbons (Fsp3) is 0.529. The second kappa shape index (κ2) is 9.94. The van der Waals surface area contributed by atoms with Gasteiger partial charge in [-0.05, 0) is 18.2 Å². The zero-order chi connectivity index (χ0) is 20.7. The smallest absolute Gasteiger partial charge is 0.383 e. The second-order valence-electron chi connectivity index (χ2n) is 6.23. The van der Waals surface area contributed by atoms with Gasteiger partial charge in [0.2, 0.25) is 5.91 Å². The van der Waals surface area contributed by atoms with E-state index in [4.69, 9.17) is 16.3 Å². The molecule has 0 saturated carbocycles. The van der Waals surface area contributed by atoms with Crippen molar-refractivity contribution in [2.45, 2.75) is 6.18 Å². The number of nitrogens with one attached hydrogen (secondary N) is 2. The van der Waals surface area contributed by atoms with Crippen LogP contribution in [0.5, 0.6) is 0 Å². The quantitative estimate of drug-likeness (QED) is 0.690. The normalized spacial score (nSPS) is 15.4. The van der Waals surface area contributed by atoms with Gasteiger partial charge in [0.15, 0.2) is 0 Å². The van der Waals surface area contributed by atoms with Crippen LogP contribution in [-0.2, 0) is 15.7 Å². The van der Waals surface area contributed by atoms with E-state index in [0.29, 0.717) is 39.3 Å². The van der Waals surface area contributed by atoms with Gasteiger partial charge in [0.1, 0.15) is 0 Å². The molecule has 0 radical (unpaired) electrons. The average Bonchev–Trinajstić information content (AvgIpc) is 2.63. The van der Waals surface area contributed by atoms with E-state index < -0.39 is 22.8 Å². The monoisotopic (exact) mass is 422 g/mol. The van der Waals surface area contributed by atoms with Crippen molar-refractivity contribution in [3.8, 4) is 0 Å². The number of carbonyl (C=O) groups excluding carboxylic acids is 2. The number of methoxy groups -OCH3 is 1. The third-order valence-electron chi connectivity index (χ3n) is 4.18. The van der Waals surface area contributed by atoms with Crippen LogP contribution in [0.4, 0.5) is 23.7 Å². The van der Waals surface area contributed by atoms with Crippen LogP contribution < -0.4 is 10.6 Å². The van der Waals surface area contributed by atoms with E-state index in [1.807, 2.05) is 4.90 Å². The number of hydrogen-bond donors (Lipinski definition) is 2. The molecule has 1 aliphatic rings. The Morgan fingerprint density at radius 2 is 1.89 bits per heavy atom. The fourth-order valence-corrected chi connectivity index (χ4v) is 2.91. The molecule has 0 aliphatic carbocycles. The van der Waals surface area contributed by atoms with Gasteiger partial charge < -0.3 is 20.3 Å². The Morgan fingerprint density at radius 3 is 2.50 bits per heavy atom. The molecule has 0 aromatic heterocycles. The number of benzene rings is 1. The van der Waals surface area contributed by atoms with Crippen molar-refractivity contribution in [1.29, 1.82) is 0 Å². The van der Waals surface area contributed by atoms with Gasteiger partial charge in [-0.1, -0.05) is 11.6 Å². The fourth-order valence-electron chi connectivity index (χ4n) is 2.68. The molecule has 156 valence electrons. The van der Waals surface area contributed by atoms with Crippen LogP contribution in [0.15, 0.2) is 18.2 Å². The maximum atomic E-state index is 12.9. The van der Waals surface area contributed by atoms with E-state index in [1.54, 1.807) is 7.11 Å². The van der Waals surface area contributed by atoms with Crippen LogP contribution in [-0.4, -0.2) is 74.7 Å². The number of amides is 3. The molecular formula is C17H22ClF3N4O3. The highest BCUT2D eigenvalue weighted by atomic mass is 35.5. The average molecular weight is 423 g/mol. The largest absolute Gasteiger partial charge is 0.417 e. The highest BCUT2D eigenvalue weighted by Crippen LogP contribution is 2.36. The van der Waals surface area contributed by atoms with Gasteiger partial charge in [0.25, 0.3) is 0 Å². The highest BCUT2D eigenvalue weighted by Gasteiger charge is 2.33. The van der Waals surface area contributed by atoms with E-state index >= 15 is 0 Å². The lowest BCUT2D eigenvalue weighted by atomic mass is 10.2. The van der Waals surface area contributed by atoms with Gasteiger partial charge in [0, 0.05) is 45.5 Å². The first kappa shape index (κ1) is 22.3. The topological polar surface area (TPSA) is 73.9 Å². The molecule has 1 aromatic rings. The molecule has 1 fully saturated rings. The van der Waals surface area contributed by atoms with Gasteiger partial charge in [0.05, 0.1) is 23.7 Å². The van der Waals surface area contributed by atoms with Crippen molar-refractivity contribution in [2.75, 3.05) is 58.3 Å². The summed E-state index contributed by atoms with van der Waals surface area (Å²) < 4.78 is 43.6. The molecule has 2 rings (SSSR count). The number of nitrogens with zero attached hydrogens (tertiary/aromatic N) is 2. The minimum Gasteiger partial charge on any atom is -0.383 e. The minimum absolute atomic E-state index is 0.0154. The first-order valence-corrected chi connectivity index (χ1v) is 8.99.